The minimum Gasteiger partial charge on any atom is -0.464 e. The highest BCUT2D eigenvalue weighted by Gasteiger charge is 2.24. The second-order valence-electron chi connectivity index (χ2n) is 8.73. The van der Waals surface area contributed by atoms with E-state index in [0.717, 1.165) is 48.3 Å². The van der Waals surface area contributed by atoms with Crippen LogP contribution < -0.4 is 5.73 Å². The Hall–Kier alpha value is -3.12. The lowest BCUT2D eigenvalue weighted by molar-refractivity contribution is 0.0599. The molecule has 0 atom stereocenters. The summed E-state index contributed by atoms with van der Waals surface area (Å²) < 4.78 is 4.76. The van der Waals surface area contributed by atoms with E-state index >= 15 is 0 Å². The summed E-state index contributed by atoms with van der Waals surface area (Å²) in [7, 11) is 2.92. The van der Waals surface area contributed by atoms with Crippen molar-refractivity contribution in [3.05, 3.63) is 57.7 Å². The molecule has 1 aromatic carbocycles. The standard InChI is InChI=1S/C16H24N2O2S.C10H7NO.C2H2.CH5N/c1-20-16(19)15-17-13-11-18(10-8-14(13)21-15)9-7-12-5-3-2-4-6-12;12-7-8-3-1-5-10-9(8)4-2-6-11-10;2*1-2/h12H,2-11H2,1H3;1-7H;1-2H;2H2,1H3. The minimum atomic E-state index is -0.303. The van der Waals surface area contributed by atoms with Crippen molar-refractivity contribution in [2.75, 3.05) is 27.2 Å². The predicted octanol–water partition coefficient (Wildman–Crippen LogP) is 5.13. The Morgan fingerprint density at radius 2 is 1.95 bits per heavy atom. The first-order chi connectivity index (χ1) is 18.2. The van der Waals surface area contributed by atoms with Gasteiger partial charge in [-0.3, -0.25) is 14.7 Å². The van der Waals surface area contributed by atoms with E-state index in [2.05, 4.69) is 33.4 Å². The number of esters is 1. The van der Waals surface area contributed by atoms with E-state index in [0.29, 0.717) is 10.6 Å². The van der Waals surface area contributed by atoms with Crippen molar-refractivity contribution in [3.63, 3.8) is 0 Å². The molecule has 0 radical (unpaired) electrons. The van der Waals surface area contributed by atoms with Crippen LogP contribution in [0.2, 0.25) is 0 Å². The summed E-state index contributed by atoms with van der Waals surface area (Å²) >= 11 is 1.50. The lowest BCUT2D eigenvalue weighted by Crippen LogP contribution is -2.32. The van der Waals surface area contributed by atoms with Crippen LogP contribution in [0.3, 0.4) is 0 Å². The Bertz CT molecular complexity index is 1130. The molecule has 3 aromatic rings. The predicted molar refractivity (Wildman–Crippen MR) is 151 cm³/mol. The Labute approximate surface area is 224 Å². The normalized spacial score (nSPS) is 14.9. The number of carbonyl (C=O) groups is 2. The molecule has 1 aliphatic carbocycles. The quantitative estimate of drug-likeness (QED) is 0.282. The SMILES string of the molecule is C#C.CN.COC(=O)c1nc2c(s1)CCN(CCC1CCCCC1)C2.O=Cc1cccc2ncccc12. The molecule has 2 aliphatic rings. The number of pyridine rings is 1. The van der Waals surface area contributed by atoms with E-state index in [9.17, 15) is 9.59 Å². The number of hydrogen-bond donors (Lipinski definition) is 1. The number of ether oxygens (including phenoxy) is 1. The molecule has 7 nitrogen and oxygen atoms in total. The van der Waals surface area contributed by atoms with Crippen LogP contribution in [0.15, 0.2) is 36.5 Å². The van der Waals surface area contributed by atoms with Crippen LogP contribution in [-0.2, 0) is 17.7 Å². The van der Waals surface area contributed by atoms with Gasteiger partial charge in [0.1, 0.15) is 0 Å². The lowest BCUT2D eigenvalue weighted by Gasteiger charge is -2.29. The van der Waals surface area contributed by atoms with Crippen molar-refractivity contribution in [3.8, 4) is 12.8 Å². The van der Waals surface area contributed by atoms with E-state index in [4.69, 9.17) is 4.74 Å². The molecule has 0 spiro atoms. The van der Waals surface area contributed by atoms with Gasteiger partial charge in [0.25, 0.3) is 0 Å². The van der Waals surface area contributed by atoms with E-state index < -0.39 is 0 Å². The summed E-state index contributed by atoms with van der Waals surface area (Å²) in [6.45, 7) is 3.17. The zero-order valence-corrected chi connectivity index (χ0v) is 22.7. The molecule has 0 bridgehead atoms. The van der Waals surface area contributed by atoms with Crippen LogP contribution >= 0.6 is 11.3 Å². The minimum absolute atomic E-state index is 0.303. The highest BCUT2D eigenvalue weighted by atomic mass is 32.1. The van der Waals surface area contributed by atoms with Gasteiger partial charge in [0.05, 0.1) is 18.3 Å². The number of aromatic nitrogens is 2. The topological polar surface area (TPSA) is 98.4 Å². The van der Waals surface area contributed by atoms with Crippen molar-refractivity contribution in [1.82, 2.24) is 14.9 Å². The molecule has 1 fully saturated rings. The van der Waals surface area contributed by atoms with E-state index in [1.165, 1.54) is 75.4 Å². The van der Waals surface area contributed by atoms with Crippen molar-refractivity contribution < 1.29 is 14.3 Å². The molecular weight excluding hydrogens is 484 g/mol. The lowest BCUT2D eigenvalue weighted by atomic mass is 9.87. The number of methoxy groups -OCH3 is 1. The summed E-state index contributed by atoms with van der Waals surface area (Å²) in [6.07, 6.45) is 20.0. The largest absolute Gasteiger partial charge is 0.464 e. The number of aldehydes is 1. The molecule has 1 saturated carbocycles. The van der Waals surface area contributed by atoms with E-state index in [-0.39, 0.29) is 5.97 Å². The van der Waals surface area contributed by atoms with E-state index in [1.54, 1.807) is 12.3 Å². The molecule has 198 valence electrons. The van der Waals surface area contributed by atoms with Gasteiger partial charge in [-0.1, -0.05) is 50.3 Å². The molecule has 2 N–H and O–H groups in total. The number of nitrogens with zero attached hydrogens (tertiary/aromatic N) is 3. The second-order valence-corrected chi connectivity index (χ2v) is 9.82. The first-order valence-electron chi connectivity index (χ1n) is 12.7. The maximum Gasteiger partial charge on any atom is 0.367 e. The van der Waals surface area contributed by atoms with Gasteiger partial charge in [0, 0.05) is 35.1 Å². The molecule has 0 unspecified atom stereocenters. The Kier molecular flexibility index (Phi) is 13.5. The maximum atomic E-state index is 11.6. The number of hydrogen-bond acceptors (Lipinski definition) is 8. The van der Waals surface area contributed by atoms with Gasteiger partial charge < -0.3 is 10.5 Å². The zero-order valence-electron chi connectivity index (χ0n) is 21.9. The van der Waals surface area contributed by atoms with Crippen LogP contribution in [0, 0.1) is 18.8 Å². The van der Waals surface area contributed by atoms with Gasteiger partial charge in [-0.2, -0.15) is 0 Å². The third-order valence-corrected chi connectivity index (χ3v) is 7.69. The third kappa shape index (κ3) is 8.74. The van der Waals surface area contributed by atoms with Gasteiger partial charge in [0.2, 0.25) is 5.01 Å². The van der Waals surface area contributed by atoms with Gasteiger partial charge in [0.15, 0.2) is 6.29 Å². The second kappa shape index (κ2) is 16.6. The van der Waals surface area contributed by atoms with Crippen molar-refractivity contribution in [1.29, 1.82) is 0 Å². The van der Waals surface area contributed by atoms with Crippen LogP contribution in [-0.4, -0.2) is 54.4 Å². The fourth-order valence-electron chi connectivity index (χ4n) is 4.69. The van der Waals surface area contributed by atoms with Gasteiger partial charge in [-0.05, 0) is 44.5 Å². The first-order valence-corrected chi connectivity index (χ1v) is 13.5. The molecular formula is C29H38N4O3S. The molecule has 5 rings (SSSR count). The average molecular weight is 523 g/mol. The Morgan fingerprint density at radius 1 is 1.19 bits per heavy atom. The van der Waals surface area contributed by atoms with Crippen molar-refractivity contribution in [2.24, 2.45) is 11.7 Å². The summed E-state index contributed by atoms with van der Waals surface area (Å²) in [5, 5.41) is 1.42. The van der Waals surface area contributed by atoms with E-state index in [1.807, 2.05) is 24.3 Å². The molecule has 0 amide bonds. The Morgan fingerprint density at radius 3 is 2.65 bits per heavy atom. The van der Waals surface area contributed by atoms with Gasteiger partial charge in [-0.25, -0.2) is 9.78 Å². The summed E-state index contributed by atoms with van der Waals surface area (Å²) in [5.74, 6) is 0.629. The molecule has 37 heavy (non-hydrogen) atoms. The average Bonchev–Trinajstić information content (AvgIpc) is 3.42. The summed E-state index contributed by atoms with van der Waals surface area (Å²) in [6, 6.07) is 9.24. The maximum absolute atomic E-state index is 11.6. The van der Waals surface area contributed by atoms with Crippen LogP contribution in [0.25, 0.3) is 10.9 Å². The van der Waals surface area contributed by atoms with Crippen LogP contribution in [0.5, 0.6) is 0 Å². The zero-order chi connectivity index (χ0) is 27.0. The monoisotopic (exact) mass is 522 g/mol. The van der Waals surface area contributed by atoms with Crippen LogP contribution in [0.4, 0.5) is 0 Å². The third-order valence-electron chi connectivity index (χ3n) is 6.55. The summed E-state index contributed by atoms with van der Waals surface area (Å²) in [5.41, 5.74) is 7.15. The number of thiazole rings is 1. The molecule has 1 aliphatic heterocycles. The van der Waals surface area contributed by atoms with Crippen LogP contribution in [0.1, 0.15) is 69.3 Å². The highest BCUT2D eigenvalue weighted by Crippen LogP contribution is 2.29. The molecule has 2 aromatic heterocycles. The molecule has 0 saturated heterocycles. The van der Waals surface area contributed by atoms with Crippen molar-refractivity contribution >= 4 is 34.5 Å². The fraction of sp³-hybridized carbons (Fsp3) is 0.448. The number of benzene rings is 1. The number of rotatable bonds is 5. The smallest absolute Gasteiger partial charge is 0.367 e. The number of carbonyl (C=O) groups excluding carboxylic acids is 2. The van der Waals surface area contributed by atoms with Gasteiger partial charge in [-0.15, -0.1) is 24.2 Å². The number of fused-ring (bicyclic) bond motifs is 2. The fourth-order valence-corrected chi connectivity index (χ4v) is 5.67. The Balaban J connectivity index is 0.000000255. The molecule has 3 heterocycles. The molecule has 8 heteroatoms. The van der Waals surface area contributed by atoms with Gasteiger partial charge >= 0.3 is 5.97 Å². The number of nitrogens with two attached hydrogens (primary N) is 1. The number of terminal acetylenes is 1. The van der Waals surface area contributed by atoms with Crippen molar-refractivity contribution in [2.45, 2.75) is 51.5 Å². The highest BCUT2D eigenvalue weighted by molar-refractivity contribution is 7.13. The first kappa shape index (κ1) is 30.1. The summed E-state index contributed by atoms with van der Waals surface area (Å²) in [4.78, 5) is 34.5.